The quantitative estimate of drug-likeness (QED) is 0.709. The van der Waals surface area contributed by atoms with Crippen LogP contribution in [0, 0.1) is 0 Å². The van der Waals surface area contributed by atoms with E-state index >= 15 is 0 Å². The Morgan fingerprint density at radius 3 is 2.85 bits per heavy atom. The van der Waals surface area contributed by atoms with Crippen molar-refractivity contribution in [3.8, 4) is 17.0 Å². The summed E-state index contributed by atoms with van der Waals surface area (Å²) in [4.78, 5) is 13.7. The van der Waals surface area contributed by atoms with Crippen molar-refractivity contribution in [2.75, 3.05) is 25.5 Å². The van der Waals surface area contributed by atoms with Gasteiger partial charge in [-0.1, -0.05) is 0 Å². The van der Waals surface area contributed by atoms with Crippen molar-refractivity contribution in [1.82, 2.24) is 29.9 Å². The van der Waals surface area contributed by atoms with E-state index in [0.717, 1.165) is 35.5 Å². The third kappa shape index (κ3) is 2.97. The van der Waals surface area contributed by atoms with Gasteiger partial charge in [0.1, 0.15) is 12.0 Å². The molecule has 2 fully saturated rings. The van der Waals surface area contributed by atoms with Crippen LogP contribution in [0.25, 0.3) is 16.9 Å². The van der Waals surface area contributed by atoms with E-state index in [9.17, 15) is 4.39 Å². The number of hydrogen-bond acceptors (Lipinski definition) is 7. The zero-order chi connectivity index (χ0) is 18.4. The second kappa shape index (κ2) is 6.41. The van der Waals surface area contributed by atoms with Gasteiger partial charge in [-0.2, -0.15) is 5.10 Å². The molecule has 1 aliphatic carbocycles. The highest BCUT2D eigenvalue weighted by molar-refractivity contribution is 5.75. The monoisotopic (exact) mass is 369 g/mol. The van der Waals surface area contributed by atoms with Crippen molar-refractivity contribution in [1.29, 1.82) is 0 Å². The lowest BCUT2D eigenvalue weighted by molar-refractivity contribution is 0.342. The van der Waals surface area contributed by atoms with Crippen LogP contribution in [-0.4, -0.2) is 57.0 Å². The van der Waals surface area contributed by atoms with E-state index in [2.05, 4.69) is 25.7 Å². The Balaban J connectivity index is 1.51. The minimum absolute atomic E-state index is 0.303. The Morgan fingerprint density at radius 2 is 2.11 bits per heavy atom. The van der Waals surface area contributed by atoms with E-state index in [1.807, 2.05) is 6.20 Å². The summed E-state index contributed by atoms with van der Waals surface area (Å²) < 4.78 is 21.0. The number of aromatic nitrogens is 5. The molecule has 2 unspecified atom stereocenters. The highest BCUT2D eigenvalue weighted by atomic mass is 19.1. The molecule has 0 radical (unpaired) electrons. The van der Waals surface area contributed by atoms with Gasteiger partial charge in [0.15, 0.2) is 11.4 Å². The molecule has 3 aromatic rings. The number of anilines is 1. The molecule has 5 rings (SSSR count). The Morgan fingerprint density at radius 1 is 1.22 bits per heavy atom. The van der Waals surface area contributed by atoms with Crippen molar-refractivity contribution in [3.05, 3.63) is 30.5 Å². The van der Waals surface area contributed by atoms with Gasteiger partial charge in [0.05, 0.1) is 54.9 Å². The zero-order valence-electron chi connectivity index (χ0n) is 14.9. The Bertz CT molecular complexity index is 987. The van der Waals surface area contributed by atoms with E-state index in [1.54, 1.807) is 30.2 Å². The third-order valence-electron chi connectivity index (χ3n) is 5.06. The lowest BCUT2D eigenvalue weighted by Crippen LogP contribution is -2.29. The van der Waals surface area contributed by atoms with Crippen LogP contribution < -0.4 is 15.4 Å². The van der Waals surface area contributed by atoms with Crippen LogP contribution in [-0.2, 0) is 0 Å². The molecule has 0 bridgehead atoms. The maximum absolute atomic E-state index is 13.8. The molecule has 9 heteroatoms. The van der Waals surface area contributed by atoms with E-state index in [1.165, 1.54) is 0 Å². The van der Waals surface area contributed by atoms with Gasteiger partial charge in [-0.15, -0.1) is 0 Å². The van der Waals surface area contributed by atoms with Crippen LogP contribution in [0.2, 0.25) is 0 Å². The number of nitrogens with one attached hydrogen (secondary N) is 2. The number of halogens is 1. The molecule has 0 spiro atoms. The molecule has 0 aromatic carbocycles. The summed E-state index contributed by atoms with van der Waals surface area (Å²) in [7, 11) is 1.65. The number of rotatable bonds is 5. The molecule has 2 aliphatic rings. The van der Waals surface area contributed by atoms with Crippen LogP contribution in [0.1, 0.15) is 24.5 Å². The molecule has 3 aromatic heterocycles. The topological polar surface area (TPSA) is 89.3 Å². The summed E-state index contributed by atoms with van der Waals surface area (Å²) in [5.41, 5.74) is 3.12. The van der Waals surface area contributed by atoms with Crippen LogP contribution in [0.3, 0.4) is 0 Å². The summed E-state index contributed by atoms with van der Waals surface area (Å²) >= 11 is 0. The lowest BCUT2D eigenvalue weighted by Gasteiger charge is -2.14. The van der Waals surface area contributed by atoms with Crippen LogP contribution in [0.15, 0.2) is 24.8 Å². The molecule has 2 N–H and O–H groups in total. The SMILES string of the molecule is COc1cn2ncc(-c3cncc(NC4CNCC4F)n3)c2nc1C1CC1. The van der Waals surface area contributed by atoms with E-state index in [-0.39, 0.29) is 6.04 Å². The maximum Gasteiger partial charge on any atom is 0.164 e. The van der Waals surface area contributed by atoms with Crippen molar-refractivity contribution in [3.63, 3.8) is 0 Å². The van der Waals surface area contributed by atoms with Gasteiger partial charge in [-0.3, -0.25) is 4.98 Å². The van der Waals surface area contributed by atoms with Crippen molar-refractivity contribution in [2.24, 2.45) is 0 Å². The average Bonchev–Trinajstić information content (AvgIpc) is 3.34. The molecule has 8 nitrogen and oxygen atoms in total. The number of methoxy groups -OCH3 is 1. The largest absolute Gasteiger partial charge is 0.493 e. The highest BCUT2D eigenvalue weighted by Crippen LogP contribution is 2.43. The maximum atomic E-state index is 13.8. The molecule has 0 amide bonds. The van der Waals surface area contributed by atoms with E-state index < -0.39 is 6.17 Å². The van der Waals surface area contributed by atoms with E-state index in [0.29, 0.717) is 30.5 Å². The van der Waals surface area contributed by atoms with Crippen molar-refractivity contribution < 1.29 is 9.13 Å². The number of nitrogens with zero attached hydrogens (tertiary/aromatic N) is 5. The smallest absolute Gasteiger partial charge is 0.164 e. The van der Waals surface area contributed by atoms with Gasteiger partial charge in [-0.05, 0) is 12.8 Å². The molecule has 1 saturated carbocycles. The first kappa shape index (κ1) is 16.4. The first-order valence-electron chi connectivity index (χ1n) is 9.09. The fourth-order valence-electron chi connectivity index (χ4n) is 3.44. The first-order valence-corrected chi connectivity index (χ1v) is 9.09. The van der Waals surface area contributed by atoms with Gasteiger partial charge < -0.3 is 15.4 Å². The molecule has 1 aliphatic heterocycles. The fourth-order valence-corrected chi connectivity index (χ4v) is 3.44. The summed E-state index contributed by atoms with van der Waals surface area (Å²) in [6.07, 6.45) is 8.16. The van der Waals surface area contributed by atoms with Gasteiger partial charge in [-0.25, -0.2) is 18.9 Å². The number of ether oxygens (including phenoxy) is 1. The average molecular weight is 369 g/mol. The van der Waals surface area contributed by atoms with Crippen molar-refractivity contribution >= 4 is 11.5 Å². The Kier molecular flexibility index (Phi) is 3.89. The zero-order valence-corrected chi connectivity index (χ0v) is 14.9. The fraction of sp³-hybridized carbons (Fsp3) is 0.444. The third-order valence-corrected chi connectivity index (χ3v) is 5.06. The minimum Gasteiger partial charge on any atom is -0.493 e. The highest BCUT2D eigenvalue weighted by Gasteiger charge is 2.30. The van der Waals surface area contributed by atoms with Crippen LogP contribution in [0.5, 0.6) is 5.75 Å². The number of hydrogen-bond donors (Lipinski definition) is 2. The second-order valence-corrected chi connectivity index (χ2v) is 7.01. The normalized spacial score (nSPS) is 22.3. The van der Waals surface area contributed by atoms with Gasteiger partial charge in [0, 0.05) is 19.0 Å². The predicted octanol–water partition coefficient (Wildman–Crippen LogP) is 1.79. The molecule has 2 atom stereocenters. The first-order chi connectivity index (χ1) is 13.2. The second-order valence-electron chi connectivity index (χ2n) is 7.01. The lowest BCUT2D eigenvalue weighted by atomic mass is 10.2. The molecular weight excluding hydrogens is 349 g/mol. The van der Waals surface area contributed by atoms with Gasteiger partial charge >= 0.3 is 0 Å². The summed E-state index contributed by atoms with van der Waals surface area (Å²) in [6.45, 7) is 0.921. The Labute approximate surface area is 155 Å². The number of fused-ring (bicyclic) bond motifs is 1. The standard InChI is InChI=1S/C18H20FN7O/c1-27-15-9-26-18(25-17(15)10-2-3-10)11(4-22-26)13-6-21-8-16(23-13)24-14-7-20-5-12(14)19/h4,6,8-10,12,14,20H,2-3,5,7H2,1H3,(H,23,24). The van der Waals surface area contributed by atoms with Crippen LogP contribution >= 0.6 is 0 Å². The molecule has 140 valence electrons. The van der Waals surface area contributed by atoms with Crippen LogP contribution in [0.4, 0.5) is 10.2 Å². The molecule has 1 saturated heterocycles. The van der Waals surface area contributed by atoms with E-state index in [4.69, 9.17) is 9.72 Å². The Hall–Kier alpha value is -2.81. The van der Waals surface area contributed by atoms with Crippen molar-refractivity contribution in [2.45, 2.75) is 31.0 Å². The molecule has 27 heavy (non-hydrogen) atoms. The van der Waals surface area contributed by atoms with Gasteiger partial charge in [0.25, 0.3) is 0 Å². The minimum atomic E-state index is -0.942. The summed E-state index contributed by atoms with van der Waals surface area (Å²) in [6, 6.07) is -0.303. The molecular formula is C18H20FN7O. The molecule has 4 heterocycles. The predicted molar refractivity (Wildman–Crippen MR) is 97.7 cm³/mol. The summed E-state index contributed by atoms with van der Waals surface area (Å²) in [5.74, 6) is 1.74. The summed E-state index contributed by atoms with van der Waals surface area (Å²) in [5, 5.41) is 10.5. The number of alkyl halides is 1. The van der Waals surface area contributed by atoms with Gasteiger partial charge in [0.2, 0.25) is 0 Å².